The molecule has 0 unspecified atom stereocenters. The van der Waals surface area contributed by atoms with Crippen LogP contribution in [0.4, 0.5) is 5.82 Å². The number of hydrogen-bond donors (Lipinski definition) is 4. The van der Waals surface area contributed by atoms with Crippen LogP contribution in [0.1, 0.15) is 123 Å². The van der Waals surface area contributed by atoms with E-state index >= 15 is 0 Å². The Hall–Kier alpha value is -7.45. The molecule has 77 heavy (non-hydrogen) atoms. The Morgan fingerprint density at radius 3 is 1.79 bits per heavy atom. The monoisotopic (exact) mass is 1070 g/mol. The number of methoxy groups -OCH3 is 2. The third kappa shape index (κ3) is 11.8. The highest BCUT2D eigenvalue weighted by atomic mass is 32.2. The van der Waals surface area contributed by atoms with Crippen molar-refractivity contribution in [2.45, 2.75) is 94.6 Å². The van der Waals surface area contributed by atoms with Crippen molar-refractivity contribution in [1.29, 1.82) is 0 Å². The average molecular weight is 1070 g/mol. The van der Waals surface area contributed by atoms with Crippen molar-refractivity contribution < 1.29 is 58.7 Å². The molecule has 1 saturated heterocycles. The molecule has 0 atom stereocenters. The summed E-state index contributed by atoms with van der Waals surface area (Å²) in [6, 6.07) is 25.4. The largest absolute Gasteiger partial charge is 0.497 e. The van der Waals surface area contributed by atoms with E-state index in [4.69, 9.17) is 36.9 Å². The van der Waals surface area contributed by atoms with Crippen LogP contribution in [-0.4, -0.2) is 111 Å². The van der Waals surface area contributed by atoms with E-state index in [1.54, 1.807) is 49.6 Å². The van der Waals surface area contributed by atoms with Gasteiger partial charge in [-0.05, 0) is 154 Å². The number of hydrogen-bond acceptors (Lipinski definition) is 13. The van der Waals surface area contributed by atoms with Crippen LogP contribution < -0.4 is 36.6 Å². The van der Waals surface area contributed by atoms with Gasteiger partial charge in [0.1, 0.15) is 23.0 Å². The minimum absolute atomic E-state index is 0.00595. The summed E-state index contributed by atoms with van der Waals surface area (Å²) in [5.41, 5.74) is 11.5. The zero-order valence-corrected chi connectivity index (χ0v) is 44.1. The zero-order valence-electron chi connectivity index (χ0n) is 52.3. The minimum Gasteiger partial charge on any atom is -0.497 e. The fourth-order valence-electron chi connectivity index (χ4n) is 8.72. The van der Waals surface area contributed by atoms with Crippen LogP contribution >= 0.6 is 0 Å². The molecule has 1 aromatic heterocycles. The number of nitrogen functional groups attached to an aromatic ring is 1. The number of benzene rings is 5. The van der Waals surface area contributed by atoms with Crippen LogP contribution in [0, 0.1) is 0 Å². The average Bonchev–Trinajstić information content (AvgIpc) is 1.58. The molecule has 2 aliphatic carbocycles. The number of nitrogens with one attached hydrogen (secondary N) is 3. The van der Waals surface area contributed by atoms with E-state index in [0.717, 1.165) is 28.8 Å². The van der Waals surface area contributed by atoms with Crippen LogP contribution in [0.3, 0.4) is 0 Å². The number of Topliss-reactive ketones (excluding diaryl/α,β-unsaturated/α-hetero) is 1. The van der Waals surface area contributed by atoms with Gasteiger partial charge in [0.15, 0.2) is 5.78 Å². The first kappa shape index (κ1) is 43.6. The first-order valence-corrected chi connectivity index (χ1v) is 26.3. The number of rotatable bonds is 8. The minimum atomic E-state index is -4.23. The molecule has 5 heterocycles. The van der Waals surface area contributed by atoms with E-state index in [9.17, 15) is 27.6 Å². The van der Waals surface area contributed by atoms with Crippen LogP contribution in [0.2, 0.25) is 0 Å². The molecule has 5 N–H and O–H groups in total. The van der Waals surface area contributed by atoms with Gasteiger partial charge in [0.2, 0.25) is 10.0 Å². The number of nitrogens with two attached hydrogens (primary N) is 1. The number of ketones is 1. The lowest BCUT2D eigenvalue weighted by Gasteiger charge is -2.32. The maximum Gasteiger partial charge on any atom is 0.494 e. The van der Waals surface area contributed by atoms with Gasteiger partial charge >= 0.3 is 7.12 Å². The van der Waals surface area contributed by atoms with Gasteiger partial charge in [0.05, 0.1) is 42.2 Å². The molecule has 17 nitrogen and oxygen atoms in total. The van der Waals surface area contributed by atoms with Crippen LogP contribution in [0.25, 0.3) is 22.5 Å². The molecule has 0 spiro atoms. The molecule has 1 saturated carbocycles. The SMILES string of the molecule is COc1ccc2c(c1)C(=O)CC2.[2H]C1([2H])CNC(=O)c2ccc(-c3nc(-c4ccc(S(=O)(=O)N(C5CC5)C([2H])([2H])[2H])cc4)cnc3N)cc21.[2H]C1([2H])CNC(=O)c2ccc(B3OC(C)(C)C(C)(C)O3)cc21.[2H]C1([2H])CNC(=O)c2ccc(OC)cc21. The standard InChI is InChI=1S/C23H23N5O3S.C15H20BNO3.C10H11NO2.C10H10O2/c1-28(17-5-6-17)32(30,31)18-7-2-14(3-8-18)20-13-26-22(24)21(27-20)16-4-9-19-15(12-16)10-11-25-23(19)29;1-14(2)15(3,4)20-16(19-14)11-5-6-12-10(9-11)7-8-17-13(12)18;1-13-8-2-3-9-7(6-8)4-5-11-10(9)12;1-12-8-4-2-7-3-5-10(11)9(7)6-8/h2-4,7-9,12-13,17H,5-6,10-11H2,1H3,(H2,24,26)(H,25,29);5-6,9H,7-8H2,1-4H3,(H,17,18);2-3,6H,4-5H2,1H3,(H,11,12);2,4,6H,3,5H2,1H3/i1D3,10D2;7D2;4D2;. The maximum atomic E-state index is 13.0. The second-order valence-corrected chi connectivity index (χ2v) is 21.5. The zero-order chi connectivity index (χ0) is 62.7. The lowest BCUT2D eigenvalue weighted by molar-refractivity contribution is 0.00578. The Kier molecular flexibility index (Phi) is 12.6. The van der Waals surface area contributed by atoms with E-state index in [2.05, 4.69) is 25.9 Å². The number of carbonyl (C=O) groups is 4. The fraction of sp³-hybridized carbons (Fsp3) is 0.345. The van der Waals surface area contributed by atoms with Crippen molar-refractivity contribution in [3.63, 3.8) is 0 Å². The van der Waals surface area contributed by atoms with Gasteiger partial charge in [-0.25, -0.2) is 18.4 Å². The number of amides is 3. The van der Waals surface area contributed by atoms with Gasteiger partial charge in [-0.3, -0.25) is 19.2 Å². The molecule has 400 valence electrons. The third-order valence-corrected chi connectivity index (χ3v) is 15.7. The van der Waals surface area contributed by atoms with Gasteiger partial charge < -0.3 is 40.5 Å². The Bertz CT molecular complexity index is 3780. The summed E-state index contributed by atoms with van der Waals surface area (Å²) in [4.78, 5) is 55.4. The molecule has 0 bridgehead atoms. The van der Waals surface area contributed by atoms with Gasteiger partial charge in [-0.15, -0.1) is 0 Å². The molecule has 0 radical (unpaired) electrons. The molecule has 2 fully saturated rings. The van der Waals surface area contributed by atoms with Crippen LogP contribution in [0.15, 0.2) is 108 Å². The Balaban J connectivity index is 0.000000152. The molecule has 3 amide bonds. The van der Waals surface area contributed by atoms with Crippen molar-refractivity contribution in [2.24, 2.45) is 0 Å². The molecule has 5 aromatic carbocycles. The first-order valence-electron chi connectivity index (χ1n) is 29.3. The fourth-order valence-corrected chi connectivity index (χ4v) is 10.0. The number of sulfonamides is 1. The molecule has 6 aromatic rings. The van der Waals surface area contributed by atoms with Crippen molar-refractivity contribution >= 4 is 51.9 Å². The van der Waals surface area contributed by atoms with Gasteiger partial charge in [-0.1, -0.05) is 36.4 Å². The van der Waals surface area contributed by atoms with Crippen molar-refractivity contribution in [3.8, 4) is 34.0 Å². The Labute approximate surface area is 462 Å². The number of anilines is 1. The van der Waals surface area contributed by atoms with Crippen molar-refractivity contribution in [2.75, 3.05) is 46.6 Å². The summed E-state index contributed by atoms with van der Waals surface area (Å²) in [6.45, 7) is 4.93. The molecule has 12 rings (SSSR count). The summed E-state index contributed by atoms with van der Waals surface area (Å²) >= 11 is 0. The highest BCUT2D eigenvalue weighted by molar-refractivity contribution is 7.89. The third-order valence-electron chi connectivity index (χ3n) is 14.0. The highest BCUT2D eigenvalue weighted by Gasteiger charge is 2.52. The molecular weight excluding hydrogens is 998 g/mol. The number of ether oxygens (including phenoxy) is 2. The summed E-state index contributed by atoms with van der Waals surface area (Å²) in [6.07, 6.45) is -0.917. The number of carbonyl (C=O) groups excluding carboxylic acids is 4. The second kappa shape index (κ2) is 22.3. The summed E-state index contributed by atoms with van der Waals surface area (Å²) in [5, 5.41) is 7.60. The summed E-state index contributed by atoms with van der Waals surface area (Å²) < 4.78 is 120. The summed E-state index contributed by atoms with van der Waals surface area (Å²) in [7, 11) is -1.66. The van der Waals surface area contributed by atoms with Crippen LogP contribution in [-0.2, 0) is 44.9 Å². The lowest BCUT2D eigenvalue weighted by atomic mass is 9.77. The predicted molar refractivity (Wildman–Crippen MR) is 294 cm³/mol. The summed E-state index contributed by atoms with van der Waals surface area (Å²) in [5.74, 6) is 0.827. The molecule has 6 aliphatic rings. The predicted octanol–water partition coefficient (Wildman–Crippen LogP) is 6.54. The van der Waals surface area contributed by atoms with E-state index in [-0.39, 0.29) is 70.7 Å². The maximum absolute atomic E-state index is 13.0. The number of nitrogens with zero attached hydrogens (tertiary/aromatic N) is 3. The van der Waals surface area contributed by atoms with E-state index in [1.165, 1.54) is 49.7 Å². The van der Waals surface area contributed by atoms with E-state index in [0.29, 0.717) is 68.4 Å². The first-order chi connectivity index (χ1) is 40.2. The van der Waals surface area contributed by atoms with Crippen LogP contribution in [0.5, 0.6) is 11.5 Å². The lowest BCUT2D eigenvalue weighted by Crippen LogP contribution is -2.41. The number of aromatic nitrogens is 2. The quantitative estimate of drug-likeness (QED) is 0.119. The number of fused-ring (bicyclic) bond motifs is 4. The van der Waals surface area contributed by atoms with Crippen molar-refractivity contribution in [3.05, 3.63) is 148 Å². The van der Waals surface area contributed by atoms with Gasteiger partial charge in [0.25, 0.3) is 17.7 Å². The normalized spacial score (nSPS) is 21.3. The van der Waals surface area contributed by atoms with Gasteiger partial charge in [-0.2, -0.15) is 4.31 Å². The Morgan fingerprint density at radius 1 is 0.675 bits per heavy atom. The second-order valence-electron chi connectivity index (χ2n) is 19.6. The highest BCUT2D eigenvalue weighted by Crippen LogP contribution is 2.37. The molecular formula is C58H64BN7O10S. The smallest absolute Gasteiger partial charge is 0.494 e. The van der Waals surface area contributed by atoms with E-state index in [1.807, 2.05) is 45.9 Å². The topological polar surface area (TPSA) is 230 Å². The van der Waals surface area contributed by atoms with Gasteiger partial charge in [0, 0.05) is 84.8 Å². The molecule has 19 heteroatoms. The van der Waals surface area contributed by atoms with E-state index < -0.39 is 60.5 Å². The Morgan fingerprint density at radius 2 is 1.21 bits per heavy atom. The molecule has 4 aliphatic heterocycles. The number of aryl methyl sites for hydroxylation is 1. The van der Waals surface area contributed by atoms with Crippen molar-refractivity contribution in [1.82, 2.24) is 30.2 Å².